The Bertz CT molecular complexity index is 617. The van der Waals surface area contributed by atoms with E-state index < -0.39 is 5.60 Å². The van der Waals surface area contributed by atoms with Crippen molar-refractivity contribution in [1.82, 2.24) is 20.1 Å². The lowest BCUT2D eigenvalue weighted by Gasteiger charge is -2.23. The minimum absolute atomic E-state index is 0.250. The molecule has 1 unspecified atom stereocenters. The molecular weight excluding hydrogens is 296 g/mol. The largest absolute Gasteiger partial charge is 0.483 e. The van der Waals surface area contributed by atoms with Gasteiger partial charge in [0.25, 0.3) is 6.47 Å². The SMILES string of the molecule is CCc1n[nH]c(CN2CCC(O)(c3ccccc3)C2)n1.O=CO. The summed E-state index contributed by atoms with van der Waals surface area (Å²) in [5, 5.41) is 24.8. The maximum absolute atomic E-state index is 10.8. The third-order valence-corrected chi connectivity index (χ3v) is 3.91. The van der Waals surface area contributed by atoms with Gasteiger partial charge in [0.15, 0.2) is 0 Å². The van der Waals surface area contributed by atoms with Crippen LogP contribution in [0.2, 0.25) is 0 Å². The van der Waals surface area contributed by atoms with Gasteiger partial charge < -0.3 is 10.2 Å². The Kier molecular flexibility index (Phi) is 5.84. The van der Waals surface area contributed by atoms with Crippen LogP contribution in [0, 0.1) is 0 Å². The lowest BCUT2D eigenvalue weighted by atomic mass is 9.93. The molecule has 23 heavy (non-hydrogen) atoms. The fourth-order valence-electron chi connectivity index (χ4n) is 2.77. The summed E-state index contributed by atoms with van der Waals surface area (Å²) < 4.78 is 0. The van der Waals surface area contributed by atoms with Gasteiger partial charge in [0.2, 0.25) is 0 Å². The molecule has 0 saturated carbocycles. The maximum atomic E-state index is 10.8. The van der Waals surface area contributed by atoms with Gasteiger partial charge in [-0.25, -0.2) is 4.98 Å². The van der Waals surface area contributed by atoms with E-state index in [-0.39, 0.29) is 6.47 Å². The number of H-pyrrole nitrogens is 1. The number of aryl methyl sites for hydroxylation is 1. The Morgan fingerprint density at radius 3 is 2.70 bits per heavy atom. The molecule has 0 spiro atoms. The standard InChI is InChI=1S/C15H20N4O.CH2O2/c1-2-13-16-14(18-17-13)10-19-9-8-15(20,11-19)12-6-4-3-5-7-12;2-1-3/h3-7,20H,2,8-11H2,1H3,(H,16,17,18);1H,(H,2,3). The number of nitrogens with zero attached hydrogens (tertiary/aromatic N) is 3. The number of carboxylic acid groups (broad SMARTS) is 1. The summed E-state index contributed by atoms with van der Waals surface area (Å²) in [4.78, 5) is 15.0. The first-order valence-electron chi connectivity index (χ1n) is 7.59. The van der Waals surface area contributed by atoms with Crippen molar-refractivity contribution in [2.75, 3.05) is 13.1 Å². The number of benzene rings is 1. The molecule has 3 rings (SSSR count). The van der Waals surface area contributed by atoms with Gasteiger partial charge in [-0.15, -0.1) is 0 Å². The normalized spacial score (nSPS) is 20.8. The molecule has 0 bridgehead atoms. The predicted molar refractivity (Wildman–Crippen MR) is 84.7 cm³/mol. The Morgan fingerprint density at radius 2 is 2.09 bits per heavy atom. The summed E-state index contributed by atoms with van der Waals surface area (Å²) in [7, 11) is 0. The highest BCUT2D eigenvalue weighted by Gasteiger charge is 2.37. The molecular formula is C16H22N4O3. The van der Waals surface area contributed by atoms with Crippen molar-refractivity contribution in [3.05, 3.63) is 47.5 Å². The Hall–Kier alpha value is -2.25. The fraction of sp³-hybridized carbons (Fsp3) is 0.438. The summed E-state index contributed by atoms with van der Waals surface area (Å²) >= 11 is 0. The molecule has 2 heterocycles. The first-order valence-corrected chi connectivity index (χ1v) is 7.59. The zero-order valence-electron chi connectivity index (χ0n) is 13.1. The van der Waals surface area contributed by atoms with Crippen molar-refractivity contribution in [3.8, 4) is 0 Å². The number of aromatic amines is 1. The van der Waals surface area contributed by atoms with Gasteiger partial charge in [0, 0.05) is 19.5 Å². The average molecular weight is 318 g/mol. The van der Waals surface area contributed by atoms with Crippen LogP contribution in [0.1, 0.15) is 30.6 Å². The van der Waals surface area contributed by atoms with Gasteiger partial charge in [-0.05, 0) is 12.0 Å². The molecule has 1 aromatic heterocycles. The molecule has 1 atom stereocenters. The van der Waals surface area contributed by atoms with E-state index in [1.54, 1.807) is 0 Å². The Labute approximate surface area is 135 Å². The number of nitrogens with one attached hydrogen (secondary N) is 1. The van der Waals surface area contributed by atoms with Crippen molar-refractivity contribution < 1.29 is 15.0 Å². The highest BCUT2D eigenvalue weighted by molar-refractivity contribution is 5.32. The van der Waals surface area contributed by atoms with Crippen LogP contribution in [0.3, 0.4) is 0 Å². The molecule has 0 aliphatic carbocycles. The molecule has 0 radical (unpaired) electrons. The van der Waals surface area contributed by atoms with E-state index in [1.165, 1.54) is 0 Å². The van der Waals surface area contributed by atoms with Gasteiger partial charge in [-0.1, -0.05) is 37.3 Å². The van der Waals surface area contributed by atoms with Gasteiger partial charge in [-0.2, -0.15) is 5.10 Å². The molecule has 7 nitrogen and oxygen atoms in total. The van der Waals surface area contributed by atoms with E-state index in [0.717, 1.165) is 36.6 Å². The second-order valence-corrected chi connectivity index (χ2v) is 5.52. The highest BCUT2D eigenvalue weighted by Crippen LogP contribution is 2.32. The molecule has 1 fully saturated rings. The molecule has 1 aliphatic rings. The van der Waals surface area contributed by atoms with E-state index in [0.29, 0.717) is 13.1 Å². The van der Waals surface area contributed by atoms with Crippen LogP contribution in [0.25, 0.3) is 0 Å². The molecule has 7 heteroatoms. The third kappa shape index (κ3) is 4.37. The minimum Gasteiger partial charge on any atom is -0.483 e. The van der Waals surface area contributed by atoms with Crippen LogP contribution < -0.4 is 0 Å². The molecule has 2 aromatic rings. The number of carbonyl (C=O) groups is 1. The monoisotopic (exact) mass is 318 g/mol. The van der Waals surface area contributed by atoms with Gasteiger partial charge in [-0.3, -0.25) is 14.8 Å². The first-order chi connectivity index (χ1) is 11.1. The summed E-state index contributed by atoms with van der Waals surface area (Å²) in [5.74, 6) is 1.72. The first kappa shape index (κ1) is 17.1. The van der Waals surface area contributed by atoms with E-state index in [9.17, 15) is 5.11 Å². The molecule has 124 valence electrons. The number of likely N-dealkylation sites (tertiary alicyclic amines) is 1. The fourth-order valence-corrected chi connectivity index (χ4v) is 2.77. The van der Waals surface area contributed by atoms with Gasteiger partial charge in [0.1, 0.15) is 17.2 Å². The number of aromatic nitrogens is 3. The van der Waals surface area contributed by atoms with Crippen LogP contribution in [-0.4, -0.2) is 49.9 Å². The number of hydrogen-bond acceptors (Lipinski definition) is 5. The van der Waals surface area contributed by atoms with Crippen molar-refractivity contribution in [3.63, 3.8) is 0 Å². The number of rotatable bonds is 4. The topological polar surface area (TPSA) is 102 Å². The van der Waals surface area contributed by atoms with E-state index in [4.69, 9.17) is 9.90 Å². The predicted octanol–water partition coefficient (Wildman–Crippen LogP) is 1.16. The highest BCUT2D eigenvalue weighted by atomic mass is 16.3. The van der Waals surface area contributed by atoms with Gasteiger partial charge >= 0.3 is 0 Å². The summed E-state index contributed by atoms with van der Waals surface area (Å²) in [6.07, 6.45) is 1.59. The molecule has 1 saturated heterocycles. The van der Waals surface area contributed by atoms with Crippen LogP contribution in [0.15, 0.2) is 30.3 Å². The lowest BCUT2D eigenvalue weighted by molar-refractivity contribution is -0.122. The average Bonchev–Trinajstić information content (AvgIpc) is 3.17. The quantitative estimate of drug-likeness (QED) is 0.731. The summed E-state index contributed by atoms with van der Waals surface area (Å²) in [5.41, 5.74) is 0.254. The van der Waals surface area contributed by atoms with Crippen LogP contribution in [0.4, 0.5) is 0 Å². The zero-order valence-corrected chi connectivity index (χ0v) is 13.1. The summed E-state index contributed by atoms with van der Waals surface area (Å²) in [6, 6.07) is 9.90. The van der Waals surface area contributed by atoms with Gasteiger partial charge in [0.05, 0.1) is 6.54 Å². The second-order valence-electron chi connectivity index (χ2n) is 5.52. The molecule has 0 amide bonds. The van der Waals surface area contributed by atoms with E-state index >= 15 is 0 Å². The zero-order chi connectivity index (χ0) is 16.7. The number of hydrogen-bond donors (Lipinski definition) is 3. The number of β-amino-alcohol motifs (C(OH)–C–C–N with tert-alkyl or cyclic N) is 1. The molecule has 1 aromatic carbocycles. The van der Waals surface area contributed by atoms with E-state index in [2.05, 4.69) is 20.1 Å². The summed E-state index contributed by atoms with van der Waals surface area (Å²) in [6.45, 7) is 4.01. The smallest absolute Gasteiger partial charge is 0.290 e. The van der Waals surface area contributed by atoms with Crippen molar-refractivity contribution >= 4 is 6.47 Å². The second kappa shape index (κ2) is 7.85. The lowest BCUT2D eigenvalue weighted by Crippen LogP contribution is -2.30. The van der Waals surface area contributed by atoms with Crippen molar-refractivity contribution in [2.24, 2.45) is 0 Å². The molecule has 3 N–H and O–H groups in total. The Balaban J connectivity index is 0.000000595. The van der Waals surface area contributed by atoms with Crippen molar-refractivity contribution in [1.29, 1.82) is 0 Å². The third-order valence-electron chi connectivity index (χ3n) is 3.91. The Morgan fingerprint density at radius 1 is 1.39 bits per heavy atom. The maximum Gasteiger partial charge on any atom is 0.290 e. The van der Waals surface area contributed by atoms with Crippen LogP contribution >= 0.6 is 0 Å². The number of aliphatic hydroxyl groups is 1. The van der Waals surface area contributed by atoms with Crippen molar-refractivity contribution in [2.45, 2.75) is 31.9 Å². The van der Waals surface area contributed by atoms with Crippen LogP contribution in [-0.2, 0) is 23.4 Å². The van der Waals surface area contributed by atoms with E-state index in [1.807, 2.05) is 37.3 Å². The van der Waals surface area contributed by atoms with Crippen LogP contribution in [0.5, 0.6) is 0 Å². The minimum atomic E-state index is -0.741. The molecule has 1 aliphatic heterocycles.